The predicted molar refractivity (Wildman–Crippen MR) is 49.7 cm³/mol. The number of halogens is 1. The molecule has 13 heavy (non-hydrogen) atoms. The van der Waals surface area contributed by atoms with Crippen molar-refractivity contribution in [1.29, 1.82) is 0 Å². The molecule has 0 aromatic carbocycles. The lowest BCUT2D eigenvalue weighted by Crippen LogP contribution is -2.36. The van der Waals surface area contributed by atoms with Crippen LogP contribution in [0.2, 0.25) is 0 Å². The standard InChI is InChI=1S/C8H14ClNO3/c1-8(2,3)13-7(12)10-6(11)4-5-9/h4-5H2,1-3H3,(H,10,11,12). The summed E-state index contributed by atoms with van der Waals surface area (Å²) in [6.07, 6.45) is -0.622. The summed E-state index contributed by atoms with van der Waals surface area (Å²) < 4.78 is 4.84. The Bertz CT molecular complexity index is 198. The minimum absolute atomic E-state index is 0.112. The number of carbonyl (C=O) groups excluding carboxylic acids is 2. The van der Waals surface area contributed by atoms with Crippen LogP contribution in [-0.2, 0) is 9.53 Å². The van der Waals surface area contributed by atoms with E-state index in [0.29, 0.717) is 0 Å². The number of alkyl carbamates (subject to hydrolysis) is 1. The van der Waals surface area contributed by atoms with Crippen molar-refractivity contribution in [2.45, 2.75) is 32.8 Å². The molecule has 4 nitrogen and oxygen atoms in total. The summed E-state index contributed by atoms with van der Waals surface area (Å²) in [5, 5.41) is 2.05. The van der Waals surface area contributed by atoms with E-state index in [1.54, 1.807) is 20.8 Å². The van der Waals surface area contributed by atoms with Crippen LogP contribution in [0.3, 0.4) is 0 Å². The van der Waals surface area contributed by atoms with E-state index in [-0.39, 0.29) is 12.3 Å². The second-order valence-corrected chi connectivity index (χ2v) is 3.87. The summed E-state index contributed by atoms with van der Waals surface area (Å²) in [7, 11) is 0. The summed E-state index contributed by atoms with van der Waals surface area (Å²) in [5.41, 5.74) is -0.592. The van der Waals surface area contributed by atoms with Crippen molar-refractivity contribution in [3.8, 4) is 0 Å². The molecule has 0 unspecified atom stereocenters. The molecule has 0 aliphatic rings. The fourth-order valence-electron chi connectivity index (χ4n) is 0.566. The summed E-state index contributed by atoms with van der Waals surface area (Å²) in [4.78, 5) is 21.8. The molecule has 0 radical (unpaired) electrons. The first-order valence-corrected chi connectivity index (χ1v) is 4.47. The van der Waals surface area contributed by atoms with Crippen LogP contribution in [0.15, 0.2) is 0 Å². The van der Waals surface area contributed by atoms with Crippen molar-refractivity contribution in [1.82, 2.24) is 5.32 Å². The Morgan fingerprint density at radius 3 is 2.31 bits per heavy atom. The Morgan fingerprint density at radius 1 is 1.38 bits per heavy atom. The number of hydrogen-bond acceptors (Lipinski definition) is 3. The predicted octanol–water partition coefficient (Wildman–Crippen LogP) is 1.67. The lowest BCUT2D eigenvalue weighted by Gasteiger charge is -2.19. The Balaban J connectivity index is 3.82. The molecule has 0 aliphatic carbocycles. The molecule has 0 heterocycles. The van der Waals surface area contributed by atoms with Crippen molar-refractivity contribution in [3.63, 3.8) is 0 Å². The second kappa shape index (κ2) is 5.07. The SMILES string of the molecule is CC(C)(C)OC(=O)NC(=O)CCCl. The van der Waals surface area contributed by atoms with E-state index in [4.69, 9.17) is 16.3 Å². The Kier molecular flexibility index (Phi) is 4.77. The molecule has 0 atom stereocenters. The molecular formula is C8H14ClNO3. The van der Waals surface area contributed by atoms with Crippen molar-refractivity contribution < 1.29 is 14.3 Å². The quantitative estimate of drug-likeness (QED) is 0.701. The highest BCUT2D eigenvalue weighted by molar-refractivity contribution is 6.19. The van der Waals surface area contributed by atoms with Gasteiger partial charge in [0.2, 0.25) is 5.91 Å². The average molecular weight is 208 g/mol. The van der Waals surface area contributed by atoms with Gasteiger partial charge in [-0.2, -0.15) is 0 Å². The third kappa shape index (κ3) is 7.59. The van der Waals surface area contributed by atoms with Gasteiger partial charge in [0.1, 0.15) is 5.60 Å². The third-order valence-corrected chi connectivity index (χ3v) is 1.15. The molecule has 0 bridgehead atoms. The molecule has 0 aliphatic heterocycles. The number of rotatable bonds is 2. The van der Waals surface area contributed by atoms with E-state index in [1.165, 1.54) is 0 Å². The summed E-state index contributed by atoms with van der Waals surface area (Å²) >= 11 is 5.30. The molecular weight excluding hydrogens is 194 g/mol. The molecule has 1 N–H and O–H groups in total. The number of alkyl halides is 1. The maximum atomic E-state index is 10.9. The van der Waals surface area contributed by atoms with Gasteiger partial charge in [-0.05, 0) is 20.8 Å². The number of nitrogens with one attached hydrogen (secondary N) is 1. The number of carbonyl (C=O) groups is 2. The van der Waals surface area contributed by atoms with Crippen LogP contribution in [-0.4, -0.2) is 23.5 Å². The van der Waals surface area contributed by atoms with Gasteiger partial charge in [-0.3, -0.25) is 10.1 Å². The number of amides is 2. The van der Waals surface area contributed by atoms with Crippen LogP contribution in [0.4, 0.5) is 4.79 Å². The Morgan fingerprint density at radius 2 is 1.92 bits per heavy atom. The molecule has 2 amide bonds. The van der Waals surface area contributed by atoms with Crippen molar-refractivity contribution in [3.05, 3.63) is 0 Å². The molecule has 0 rings (SSSR count). The Labute approximate surface area is 82.6 Å². The van der Waals surface area contributed by atoms with Crippen LogP contribution in [0, 0.1) is 0 Å². The molecule has 0 aromatic heterocycles. The number of hydrogen-bond donors (Lipinski definition) is 1. The van der Waals surface area contributed by atoms with Crippen LogP contribution >= 0.6 is 11.6 Å². The highest BCUT2D eigenvalue weighted by atomic mass is 35.5. The number of ether oxygens (including phenoxy) is 1. The van der Waals surface area contributed by atoms with E-state index in [0.717, 1.165) is 0 Å². The zero-order valence-electron chi connectivity index (χ0n) is 8.02. The van der Waals surface area contributed by atoms with Gasteiger partial charge in [0.25, 0.3) is 0 Å². The van der Waals surface area contributed by atoms with E-state index < -0.39 is 17.6 Å². The lowest BCUT2D eigenvalue weighted by molar-refractivity contribution is -0.120. The maximum absolute atomic E-state index is 10.9. The molecule has 0 fully saturated rings. The molecule has 5 heteroatoms. The lowest BCUT2D eigenvalue weighted by atomic mass is 10.2. The van der Waals surface area contributed by atoms with Gasteiger partial charge in [0, 0.05) is 12.3 Å². The van der Waals surface area contributed by atoms with E-state index >= 15 is 0 Å². The fraction of sp³-hybridized carbons (Fsp3) is 0.750. The molecule has 0 saturated heterocycles. The largest absolute Gasteiger partial charge is 0.444 e. The fourth-order valence-corrected chi connectivity index (χ4v) is 0.737. The van der Waals surface area contributed by atoms with Gasteiger partial charge >= 0.3 is 6.09 Å². The van der Waals surface area contributed by atoms with Crippen LogP contribution in [0.1, 0.15) is 27.2 Å². The zero-order valence-corrected chi connectivity index (χ0v) is 8.77. The summed E-state index contributed by atoms with van der Waals surface area (Å²) in [6, 6.07) is 0. The van der Waals surface area contributed by atoms with Crippen molar-refractivity contribution >= 4 is 23.6 Å². The first-order chi connectivity index (χ1) is 5.85. The first kappa shape index (κ1) is 12.2. The highest BCUT2D eigenvalue weighted by Crippen LogP contribution is 2.06. The normalized spacial score (nSPS) is 10.8. The van der Waals surface area contributed by atoms with Gasteiger partial charge in [0.15, 0.2) is 0 Å². The number of imide groups is 1. The van der Waals surface area contributed by atoms with E-state index in [1.807, 2.05) is 0 Å². The van der Waals surface area contributed by atoms with Gasteiger partial charge in [0.05, 0.1) is 0 Å². The van der Waals surface area contributed by atoms with Crippen LogP contribution in [0.5, 0.6) is 0 Å². The van der Waals surface area contributed by atoms with Gasteiger partial charge in [-0.1, -0.05) is 0 Å². The topological polar surface area (TPSA) is 55.4 Å². The van der Waals surface area contributed by atoms with Gasteiger partial charge < -0.3 is 4.74 Å². The molecule has 76 valence electrons. The molecule has 0 aromatic rings. The minimum atomic E-state index is -0.734. The maximum Gasteiger partial charge on any atom is 0.414 e. The zero-order chi connectivity index (χ0) is 10.5. The average Bonchev–Trinajstić information content (AvgIpc) is 1.81. The first-order valence-electron chi connectivity index (χ1n) is 3.94. The highest BCUT2D eigenvalue weighted by Gasteiger charge is 2.17. The monoisotopic (exact) mass is 207 g/mol. The Hall–Kier alpha value is -0.770. The summed E-state index contributed by atoms with van der Waals surface area (Å²) in [5.74, 6) is -0.238. The van der Waals surface area contributed by atoms with Crippen LogP contribution in [0.25, 0.3) is 0 Å². The summed E-state index contributed by atoms with van der Waals surface area (Å²) in [6.45, 7) is 5.16. The van der Waals surface area contributed by atoms with Gasteiger partial charge in [-0.15, -0.1) is 11.6 Å². The third-order valence-electron chi connectivity index (χ3n) is 0.962. The van der Waals surface area contributed by atoms with Gasteiger partial charge in [-0.25, -0.2) is 4.79 Å². The van der Waals surface area contributed by atoms with Crippen molar-refractivity contribution in [2.75, 3.05) is 5.88 Å². The molecule has 0 saturated carbocycles. The smallest absolute Gasteiger partial charge is 0.414 e. The second-order valence-electron chi connectivity index (χ2n) is 3.49. The van der Waals surface area contributed by atoms with E-state index in [9.17, 15) is 9.59 Å². The van der Waals surface area contributed by atoms with Crippen molar-refractivity contribution in [2.24, 2.45) is 0 Å². The van der Waals surface area contributed by atoms with Crippen LogP contribution < -0.4 is 5.32 Å². The minimum Gasteiger partial charge on any atom is -0.444 e. The molecule has 0 spiro atoms. The van der Waals surface area contributed by atoms with E-state index in [2.05, 4.69) is 5.32 Å².